The van der Waals surface area contributed by atoms with Gasteiger partial charge in [-0.3, -0.25) is 9.59 Å². The molecule has 24 heavy (non-hydrogen) atoms. The van der Waals surface area contributed by atoms with E-state index in [1.165, 1.54) is 16.7 Å². The van der Waals surface area contributed by atoms with E-state index in [1.807, 2.05) is 0 Å². The highest BCUT2D eigenvalue weighted by molar-refractivity contribution is 5.99. The summed E-state index contributed by atoms with van der Waals surface area (Å²) in [7, 11) is 1.58. The number of aliphatic carboxylic acids is 1. The van der Waals surface area contributed by atoms with Gasteiger partial charge in [0, 0.05) is 24.5 Å². The predicted molar refractivity (Wildman–Crippen MR) is 79.6 cm³/mol. The number of fused-ring (bicyclic) bond motifs is 1. The van der Waals surface area contributed by atoms with Crippen LogP contribution in [0.1, 0.15) is 28.9 Å². The minimum atomic E-state index is -4.45. The summed E-state index contributed by atoms with van der Waals surface area (Å²) in [5.74, 6) is -1.45. The van der Waals surface area contributed by atoms with Gasteiger partial charge in [0.05, 0.1) is 11.0 Å². The van der Waals surface area contributed by atoms with Crippen molar-refractivity contribution in [2.45, 2.75) is 19.0 Å². The fraction of sp³-hybridized carbons (Fsp3) is 0.375. The molecule has 1 fully saturated rings. The van der Waals surface area contributed by atoms with E-state index in [2.05, 4.69) is 5.32 Å². The Morgan fingerprint density at radius 3 is 2.50 bits per heavy atom. The molecule has 5 nitrogen and oxygen atoms in total. The van der Waals surface area contributed by atoms with Crippen LogP contribution in [-0.2, 0) is 18.0 Å². The molecule has 0 saturated heterocycles. The second-order valence-corrected chi connectivity index (χ2v) is 6.13. The summed E-state index contributed by atoms with van der Waals surface area (Å²) >= 11 is 0. The number of hydrogen-bond donors (Lipinski definition) is 2. The minimum Gasteiger partial charge on any atom is -0.481 e. The molecule has 0 spiro atoms. The Labute approximate surface area is 135 Å². The zero-order valence-corrected chi connectivity index (χ0v) is 12.8. The maximum Gasteiger partial charge on any atom is 0.416 e. The molecule has 0 bridgehead atoms. The van der Waals surface area contributed by atoms with Crippen LogP contribution < -0.4 is 5.32 Å². The van der Waals surface area contributed by atoms with Crippen LogP contribution in [0.2, 0.25) is 0 Å². The molecule has 1 amide bonds. The molecule has 0 radical (unpaired) electrons. The van der Waals surface area contributed by atoms with Crippen LogP contribution in [-0.4, -0.2) is 28.1 Å². The lowest BCUT2D eigenvalue weighted by Crippen LogP contribution is -2.34. The Kier molecular flexibility index (Phi) is 3.58. The van der Waals surface area contributed by atoms with Crippen molar-refractivity contribution in [2.75, 3.05) is 6.54 Å². The first-order chi connectivity index (χ1) is 11.1. The van der Waals surface area contributed by atoms with Crippen molar-refractivity contribution < 1.29 is 27.9 Å². The highest BCUT2D eigenvalue weighted by Gasteiger charge is 2.50. The van der Waals surface area contributed by atoms with Crippen LogP contribution in [0.25, 0.3) is 10.9 Å². The number of amides is 1. The summed E-state index contributed by atoms with van der Waals surface area (Å²) in [4.78, 5) is 23.4. The van der Waals surface area contributed by atoms with Gasteiger partial charge in [-0.05, 0) is 37.1 Å². The summed E-state index contributed by atoms with van der Waals surface area (Å²) in [6.07, 6.45) is -3.44. The van der Waals surface area contributed by atoms with Gasteiger partial charge in [-0.2, -0.15) is 13.2 Å². The van der Waals surface area contributed by atoms with Gasteiger partial charge in [-0.25, -0.2) is 0 Å². The minimum absolute atomic E-state index is 0.0104. The molecule has 8 heteroatoms. The number of carbonyl (C=O) groups is 2. The summed E-state index contributed by atoms with van der Waals surface area (Å²) in [6, 6.07) is 4.65. The van der Waals surface area contributed by atoms with Crippen molar-refractivity contribution in [3.63, 3.8) is 0 Å². The summed E-state index contributed by atoms with van der Waals surface area (Å²) < 4.78 is 39.8. The Morgan fingerprint density at radius 1 is 1.29 bits per heavy atom. The fourth-order valence-corrected chi connectivity index (χ4v) is 2.70. The number of aryl methyl sites for hydroxylation is 1. The van der Waals surface area contributed by atoms with Gasteiger partial charge in [-0.1, -0.05) is 0 Å². The summed E-state index contributed by atoms with van der Waals surface area (Å²) in [5, 5.41) is 12.0. The first-order valence-electron chi connectivity index (χ1n) is 7.32. The van der Waals surface area contributed by atoms with Crippen LogP contribution in [0.3, 0.4) is 0 Å². The summed E-state index contributed by atoms with van der Waals surface area (Å²) in [5.41, 5.74) is -1.00. The van der Waals surface area contributed by atoms with E-state index in [4.69, 9.17) is 5.11 Å². The molecular formula is C16H15F3N2O3. The molecule has 2 N–H and O–H groups in total. The van der Waals surface area contributed by atoms with Crippen molar-refractivity contribution in [3.8, 4) is 0 Å². The molecule has 0 unspecified atom stereocenters. The number of carboxylic acid groups (broad SMARTS) is 1. The lowest BCUT2D eigenvalue weighted by atomic mass is 10.1. The van der Waals surface area contributed by atoms with Crippen LogP contribution >= 0.6 is 0 Å². The number of hydrogen-bond acceptors (Lipinski definition) is 2. The van der Waals surface area contributed by atoms with Crippen molar-refractivity contribution in [2.24, 2.45) is 12.5 Å². The van der Waals surface area contributed by atoms with Gasteiger partial charge < -0.3 is 15.0 Å². The third-order valence-electron chi connectivity index (χ3n) is 4.50. The Bertz CT molecular complexity index is 835. The van der Waals surface area contributed by atoms with Gasteiger partial charge in [0.2, 0.25) is 0 Å². The number of benzene rings is 1. The number of alkyl halides is 3. The van der Waals surface area contributed by atoms with Gasteiger partial charge in [0.25, 0.3) is 5.91 Å². The Balaban J connectivity index is 1.85. The smallest absolute Gasteiger partial charge is 0.416 e. The van der Waals surface area contributed by atoms with Crippen molar-refractivity contribution >= 4 is 22.8 Å². The molecule has 1 saturated carbocycles. The molecule has 128 valence electrons. The number of nitrogens with zero attached hydrogens (tertiary/aromatic N) is 1. The van der Waals surface area contributed by atoms with Crippen LogP contribution in [0, 0.1) is 5.41 Å². The standard InChI is InChI=1S/C16H15F3N2O3/c1-21-11-3-2-10(16(17,18)19)6-9(11)7-12(21)13(22)20-8-15(4-5-15)14(23)24/h2-3,6-7H,4-5,8H2,1H3,(H,20,22)(H,23,24). The summed E-state index contributed by atoms with van der Waals surface area (Å²) in [6.45, 7) is 0.0104. The van der Waals surface area contributed by atoms with Gasteiger partial charge in [0.1, 0.15) is 5.69 Å². The van der Waals surface area contributed by atoms with Crippen molar-refractivity contribution in [3.05, 3.63) is 35.5 Å². The predicted octanol–water partition coefficient (Wildman–Crippen LogP) is 2.79. The second-order valence-electron chi connectivity index (χ2n) is 6.13. The molecule has 2 aromatic rings. The average Bonchev–Trinajstić information content (AvgIpc) is 3.23. The molecule has 1 aromatic heterocycles. The first kappa shape index (κ1) is 16.4. The number of halogens is 3. The molecule has 1 aromatic carbocycles. The highest BCUT2D eigenvalue weighted by atomic mass is 19.4. The van der Waals surface area contributed by atoms with Crippen LogP contribution in [0.15, 0.2) is 24.3 Å². The van der Waals surface area contributed by atoms with E-state index < -0.39 is 29.0 Å². The molecule has 1 aliphatic rings. The maximum absolute atomic E-state index is 12.8. The Morgan fingerprint density at radius 2 is 1.96 bits per heavy atom. The van der Waals surface area contributed by atoms with Crippen molar-refractivity contribution in [1.82, 2.24) is 9.88 Å². The average molecular weight is 340 g/mol. The molecule has 3 rings (SSSR count). The monoisotopic (exact) mass is 340 g/mol. The molecule has 0 atom stereocenters. The van der Waals surface area contributed by atoms with E-state index in [9.17, 15) is 22.8 Å². The number of carbonyl (C=O) groups excluding carboxylic acids is 1. The first-order valence-corrected chi connectivity index (χ1v) is 7.32. The quantitative estimate of drug-likeness (QED) is 0.899. The van der Waals surface area contributed by atoms with Gasteiger partial charge >= 0.3 is 12.1 Å². The van der Waals surface area contributed by atoms with Gasteiger partial charge in [0.15, 0.2) is 0 Å². The SMILES string of the molecule is Cn1c(C(=O)NCC2(C(=O)O)CC2)cc2cc(C(F)(F)F)ccc21. The third kappa shape index (κ3) is 2.72. The largest absolute Gasteiger partial charge is 0.481 e. The maximum atomic E-state index is 12.8. The number of aromatic nitrogens is 1. The third-order valence-corrected chi connectivity index (χ3v) is 4.50. The Hall–Kier alpha value is -2.51. The van der Waals surface area contributed by atoms with Crippen LogP contribution in [0.4, 0.5) is 13.2 Å². The van der Waals surface area contributed by atoms with E-state index in [-0.39, 0.29) is 12.2 Å². The molecular weight excluding hydrogens is 325 g/mol. The zero-order chi connectivity index (χ0) is 17.7. The molecule has 0 aliphatic heterocycles. The van der Waals surface area contributed by atoms with Crippen molar-refractivity contribution in [1.29, 1.82) is 0 Å². The van der Waals surface area contributed by atoms with Crippen LogP contribution in [0.5, 0.6) is 0 Å². The van der Waals surface area contributed by atoms with E-state index in [0.29, 0.717) is 23.7 Å². The number of nitrogens with one attached hydrogen (secondary N) is 1. The molecule has 1 aliphatic carbocycles. The van der Waals surface area contributed by atoms with E-state index >= 15 is 0 Å². The fourth-order valence-electron chi connectivity index (χ4n) is 2.70. The number of carboxylic acids is 1. The normalized spacial score (nSPS) is 16.2. The lowest BCUT2D eigenvalue weighted by molar-refractivity contribution is -0.143. The lowest BCUT2D eigenvalue weighted by Gasteiger charge is -2.11. The highest BCUT2D eigenvalue weighted by Crippen LogP contribution is 2.45. The van der Waals surface area contributed by atoms with E-state index in [1.54, 1.807) is 7.05 Å². The topological polar surface area (TPSA) is 71.3 Å². The second kappa shape index (κ2) is 5.25. The molecule has 1 heterocycles. The van der Waals surface area contributed by atoms with Gasteiger partial charge in [-0.15, -0.1) is 0 Å². The zero-order valence-electron chi connectivity index (χ0n) is 12.8. The number of rotatable bonds is 4. The van der Waals surface area contributed by atoms with E-state index in [0.717, 1.165) is 12.1 Å².